The lowest BCUT2D eigenvalue weighted by Crippen LogP contribution is -2.36. The number of nitrogens with one attached hydrogen (secondary N) is 2. The Morgan fingerprint density at radius 3 is 2.63 bits per heavy atom. The molecule has 0 aliphatic carbocycles. The van der Waals surface area contributed by atoms with E-state index in [1.165, 1.54) is 12.1 Å². The van der Waals surface area contributed by atoms with E-state index >= 15 is 0 Å². The van der Waals surface area contributed by atoms with Crippen LogP contribution in [0.15, 0.2) is 22.7 Å². The maximum atomic E-state index is 11.7. The first-order chi connectivity index (χ1) is 8.95. The van der Waals surface area contributed by atoms with E-state index in [0.29, 0.717) is 6.54 Å². The molecule has 0 spiro atoms. The zero-order valence-corrected chi connectivity index (χ0v) is 11.7. The molecule has 0 aromatic heterocycles. The molecule has 0 atom stereocenters. The number of likely N-dealkylation sites (N-methyl/N-ethyl adjacent to an activating group) is 1. The highest BCUT2D eigenvalue weighted by atomic mass is 79.9. The predicted molar refractivity (Wildman–Crippen MR) is 71.8 cm³/mol. The minimum absolute atomic E-state index is 0.124. The molecular weight excluding hydrogens is 318 g/mol. The number of carbonyl (C=O) groups excluding carboxylic acids is 2. The monoisotopic (exact) mass is 329 g/mol. The SMILES string of the molecule is CCNC(=O)CNC(=O)c1ccc(Br)c([N+](=O)[O-])c1. The lowest BCUT2D eigenvalue weighted by molar-refractivity contribution is -0.385. The van der Waals surface area contributed by atoms with E-state index < -0.39 is 10.8 Å². The first kappa shape index (κ1) is 15.1. The number of nitro groups is 1. The highest BCUT2D eigenvalue weighted by molar-refractivity contribution is 9.10. The van der Waals surface area contributed by atoms with Gasteiger partial charge in [0.15, 0.2) is 0 Å². The molecular formula is C11H12BrN3O4. The van der Waals surface area contributed by atoms with Gasteiger partial charge in [-0.15, -0.1) is 0 Å². The minimum atomic E-state index is -0.593. The van der Waals surface area contributed by atoms with Crippen molar-refractivity contribution in [2.75, 3.05) is 13.1 Å². The zero-order valence-electron chi connectivity index (χ0n) is 10.1. The van der Waals surface area contributed by atoms with Gasteiger partial charge in [-0.05, 0) is 35.0 Å². The third kappa shape index (κ3) is 4.32. The number of amides is 2. The molecule has 1 rings (SSSR count). The van der Waals surface area contributed by atoms with Crippen LogP contribution in [-0.2, 0) is 4.79 Å². The average molecular weight is 330 g/mol. The van der Waals surface area contributed by atoms with Crippen LogP contribution in [0.25, 0.3) is 0 Å². The van der Waals surface area contributed by atoms with Gasteiger partial charge in [0.25, 0.3) is 11.6 Å². The first-order valence-corrected chi connectivity index (χ1v) is 6.23. The largest absolute Gasteiger partial charge is 0.355 e. The van der Waals surface area contributed by atoms with Crippen LogP contribution in [0, 0.1) is 10.1 Å². The molecule has 2 amide bonds. The van der Waals surface area contributed by atoms with Gasteiger partial charge in [0.1, 0.15) is 0 Å². The molecule has 19 heavy (non-hydrogen) atoms. The molecule has 102 valence electrons. The van der Waals surface area contributed by atoms with Crippen molar-refractivity contribution in [3.8, 4) is 0 Å². The van der Waals surface area contributed by atoms with E-state index in [4.69, 9.17) is 0 Å². The Balaban J connectivity index is 2.75. The number of hydrogen-bond donors (Lipinski definition) is 2. The fourth-order valence-corrected chi connectivity index (χ4v) is 1.71. The zero-order chi connectivity index (χ0) is 14.4. The van der Waals surface area contributed by atoms with E-state index in [0.717, 1.165) is 6.07 Å². The fraction of sp³-hybridized carbons (Fsp3) is 0.273. The number of nitro benzene ring substituents is 1. The van der Waals surface area contributed by atoms with Gasteiger partial charge in [-0.25, -0.2) is 0 Å². The van der Waals surface area contributed by atoms with Crippen molar-refractivity contribution in [1.82, 2.24) is 10.6 Å². The Morgan fingerprint density at radius 1 is 1.37 bits per heavy atom. The van der Waals surface area contributed by atoms with Gasteiger partial charge in [-0.2, -0.15) is 0 Å². The second-order valence-corrected chi connectivity index (χ2v) is 4.41. The number of hydrogen-bond acceptors (Lipinski definition) is 4. The number of benzene rings is 1. The summed E-state index contributed by atoms with van der Waals surface area (Å²) in [5.74, 6) is -0.857. The minimum Gasteiger partial charge on any atom is -0.355 e. The lowest BCUT2D eigenvalue weighted by atomic mass is 10.2. The molecule has 7 nitrogen and oxygen atoms in total. The van der Waals surface area contributed by atoms with Crippen molar-refractivity contribution >= 4 is 33.4 Å². The standard InChI is InChI=1S/C11H12BrN3O4/c1-2-13-10(16)6-14-11(17)7-3-4-8(12)9(5-7)15(18)19/h3-5H,2,6H2,1H3,(H,13,16)(H,14,17). The number of nitrogens with zero attached hydrogens (tertiary/aromatic N) is 1. The van der Waals surface area contributed by atoms with Crippen molar-refractivity contribution in [3.63, 3.8) is 0 Å². The maximum absolute atomic E-state index is 11.7. The Labute approximate surface area is 117 Å². The van der Waals surface area contributed by atoms with Crippen LogP contribution >= 0.6 is 15.9 Å². The molecule has 0 aliphatic rings. The number of halogens is 1. The van der Waals surface area contributed by atoms with Crippen LogP contribution < -0.4 is 10.6 Å². The van der Waals surface area contributed by atoms with Gasteiger partial charge in [0.05, 0.1) is 15.9 Å². The Hall–Kier alpha value is -1.96. The number of carbonyl (C=O) groups is 2. The molecule has 8 heteroatoms. The van der Waals surface area contributed by atoms with Gasteiger partial charge in [0.2, 0.25) is 5.91 Å². The number of rotatable bonds is 5. The van der Waals surface area contributed by atoms with Crippen molar-refractivity contribution in [3.05, 3.63) is 38.3 Å². The molecule has 0 radical (unpaired) electrons. The maximum Gasteiger partial charge on any atom is 0.284 e. The van der Waals surface area contributed by atoms with Crippen molar-refractivity contribution < 1.29 is 14.5 Å². The van der Waals surface area contributed by atoms with Crippen LogP contribution in [0.5, 0.6) is 0 Å². The first-order valence-electron chi connectivity index (χ1n) is 5.44. The molecule has 2 N–H and O–H groups in total. The summed E-state index contributed by atoms with van der Waals surface area (Å²) < 4.78 is 0.290. The quantitative estimate of drug-likeness (QED) is 0.626. The molecule has 0 saturated carbocycles. The van der Waals surface area contributed by atoms with Crippen LogP contribution in [0.4, 0.5) is 5.69 Å². The van der Waals surface area contributed by atoms with E-state index in [-0.39, 0.29) is 28.2 Å². The summed E-state index contributed by atoms with van der Waals surface area (Å²) in [7, 11) is 0. The Bertz CT molecular complexity index is 519. The van der Waals surface area contributed by atoms with E-state index in [1.807, 2.05) is 0 Å². The van der Waals surface area contributed by atoms with Crippen molar-refractivity contribution in [2.45, 2.75) is 6.92 Å². The highest BCUT2D eigenvalue weighted by Crippen LogP contribution is 2.25. The van der Waals surface area contributed by atoms with Crippen LogP contribution in [0.1, 0.15) is 17.3 Å². The summed E-state index contributed by atoms with van der Waals surface area (Å²) in [6.45, 7) is 2.06. The van der Waals surface area contributed by atoms with E-state index in [9.17, 15) is 19.7 Å². The third-order valence-corrected chi connectivity index (χ3v) is 2.86. The molecule has 1 aromatic carbocycles. The third-order valence-electron chi connectivity index (χ3n) is 2.19. The normalized spacial score (nSPS) is 9.79. The average Bonchev–Trinajstić information content (AvgIpc) is 2.36. The van der Waals surface area contributed by atoms with Gasteiger partial charge in [-0.3, -0.25) is 19.7 Å². The predicted octanol–water partition coefficient (Wildman–Crippen LogP) is 1.22. The Morgan fingerprint density at radius 2 is 2.05 bits per heavy atom. The molecule has 0 heterocycles. The molecule has 0 unspecified atom stereocenters. The van der Waals surface area contributed by atoms with Gasteiger partial charge in [-0.1, -0.05) is 0 Å². The lowest BCUT2D eigenvalue weighted by Gasteiger charge is -2.05. The van der Waals surface area contributed by atoms with Gasteiger partial charge in [0, 0.05) is 18.2 Å². The fourth-order valence-electron chi connectivity index (χ4n) is 1.32. The summed E-state index contributed by atoms with van der Waals surface area (Å²) >= 11 is 3.03. The van der Waals surface area contributed by atoms with E-state index in [2.05, 4.69) is 26.6 Å². The van der Waals surface area contributed by atoms with Crippen LogP contribution in [0.2, 0.25) is 0 Å². The summed E-state index contributed by atoms with van der Waals surface area (Å²) in [4.78, 5) is 33.0. The van der Waals surface area contributed by atoms with Gasteiger partial charge >= 0.3 is 0 Å². The summed E-state index contributed by atoms with van der Waals surface area (Å²) in [6.07, 6.45) is 0. The summed E-state index contributed by atoms with van der Waals surface area (Å²) in [5.41, 5.74) is -0.0788. The van der Waals surface area contributed by atoms with Crippen molar-refractivity contribution in [1.29, 1.82) is 0 Å². The molecule has 0 saturated heterocycles. The molecule has 1 aromatic rings. The topological polar surface area (TPSA) is 101 Å². The molecule has 0 fully saturated rings. The molecule has 0 aliphatic heterocycles. The second kappa shape index (κ2) is 6.83. The summed E-state index contributed by atoms with van der Waals surface area (Å²) in [5, 5.41) is 15.6. The smallest absolute Gasteiger partial charge is 0.284 e. The van der Waals surface area contributed by atoms with Crippen LogP contribution in [0.3, 0.4) is 0 Å². The highest BCUT2D eigenvalue weighted by Gasteiger charge is 2.16. The van der Waals surface area contributed by atoms with E-state index in [1.54, 1.807) is 6.92 Å². The van der Waals surface area contributed by atoms with Crippen molar-refractivity contribution in [2.24, 2.45) is 0 Å². The van der Waals surface area contributed by atoms with Crippen LogP contribution in [-0.4, -0.2) is 29.8 Å². The summed E-state index contributed by atoms with van der Waals surface area (Å²) in [6, 6.07) is 4.00. The molecule has 0 bridgehead atoms. The Kier molecular flexibility index (Phi) is 5.43. The van der Waals surface area contributed by atoms with Gasteiger partial charge < -0.3 is 10.6 Å². The second-order valence-electron chi connectivity index (χ2n) is 3.56.